The van der Waals surface area contributed by atoms with E-state index >= 15 is 0 Å². The molecule has 41 heavy (non-hydrogen) atoms. The van der Waals surface area contributed by atoms with Crippen LogP contribution in [-0.4, -0.2) is 111 Å². The van der Waals surface area contributed by atoms with Crippen LogP contribution >= 0.6 is 0 Å². The minimum Gasteiger partial charge on any atom is -0.507 e. The quantitative estimate of drug-likeness (QED) is 0.176. The average molecular weight is 579 g/mol. The van der Waals surface area contributed by atoms with E-state index in [0.717, 1.165) is 6.07 Å². The first-order valence-electron chi connectivity index (χ1n) is 12.7. The fraction of sp³-hybridized carbons (Fsp3) is 0.444. The van der Waals surface area contributed by atoms with Crippen LogP contribution in [0.5, 0.6) is 17.2 Å². The molecule has 14 nitrogen and oxygen atoms in total. The molecule has 0 amide bonds. The van der Waals surface area contributed by atoms with Gasteiger partial charge in [0.25, 0.3) is 0 Å². The Morgan fingerprint density at radius 3 is 2.27 bits per heavy atom. The molecule has 2 fully saturated rings. The Balaban J connectivity index is 1.31. The van der Waals surface area contributed by atoms with Crippen LogP contribution in [0.4, 0.5) is 0 Å². The van der Waals surface area contributed by atoms with Crippen molar-refractivity contribution in [1.82, 2.24) is 0 Å². The maximum Gasteiger partial charge on any atom is 0.228 e. The predicted molar refractivity (Wildman–Crippen MR) is 137 cm³/mol. The number of fused-ring (bicyclic) bond motifs is 1. The number of rotatable bonds is 7. The van der Waals surface area contributed by atoms with Crippen molar-refractivity contribution in [1.29, 1.82) is 0 Å². The highest BCUT2D eigenvalue weighted by atomic mass is 16.7. The average Bonchev–Trinajstić information content (AvgIpc) is 2.96. The van der Waals surface area contributed by atoms with Gasteiger partial charge in [0, 0.05) is 23.8 Å². The predicted octanol–water partition coefficient (Wildman–Crippen LogP) is -1.18. The highest BCUT2D eigenvalue weighted by Gasteiger charge is 2.48. The maximum absolute atomic E-state index is 12.7. The Kier molecular flexibility index (Phi) is 8.47. The number of phenols is 1. The smallest absolute Gasteiger partial charge is 0.228 e. The Morgan fingerprint density at radius 1 is 0.878 bits per heavy atom. The van der Waals surface area contributed by atoms with Gasteiger partial charge in [0.15, 0.2) is 11.7 Å². The Hall–Kier alpha value is -3.31. The van der Waals surface area contributed by atoms with Gasteiger partial charge in [-0.1, -0.05) is 0 Å². The third-order valence-corrected chi connectivity index (χ3v) is 7.00. The van der Waals surface area contributed by atoms with Gasteiger partial charge in [-0.05, 0) is 24.3 Å². The number of methoxy groups -OCH3 is 1. The molecule has 2 aliphatic rings. The summed E-state index contributed by atoms with van der Waals surface area (Å²) in [6, 6.07) is 10.5. The molecule has 7 N–H and O–H groups in total. The zero-order valence-corrected chi connectivity index (χ0v) is 21.6. The van der Waals surface area contributed by atoms with Gasteiger partial charge in [0.05, 0.1) is 20.3 Å². The molecule has 9 atom stereocenters. The van der Waals surface area contributed by atoms with Crippen molar-refractivity contribution in [3.63, 3.8) is 0 Å². The van der Waals surface area contributed by atoms with Crippen LogP contribution in [0.1, 0.15) is 0 Å². The second-order valence-corrected chi connectivity index (χ2v) is 9.69. The molecule has 0 aliphatic carbocycles. The summed E-state index contributed by atoms with van der Waals surface area (Å²) in [6.07, 6.45) is -13.8. The molecule has 5 rings (SSSR count). The fourth-order valence-electron chi connectivity index (χ4n) is 4.69. The maximum atomic E-state index is 12.7. The first kappa shape index (κ1) is 29.2. The first-order valence-corrected chi connectivity index (χ1v) is 12.7. The van der Waals surface area contributed by atoms with E-state index in [1.165, 1.54) is 19.2 Å². The van der Waals surface area contributed by atoms with Crippen molar-refractivity contribution < 1.29 is 63.8 Å². The highest BCUT2D eigenvalue weighted by molar-refractivity contribution is 5.86. The second-order valence-electron chi connectivity index (χ2n) is 9.69. The monoisotopic (exact) mass is 578 g/mol. The lowest BCUT2D eigenvalue weighted by Gasteiger charge is -2.43. The molecule has 0 unspecified atom stereocenters. The fourth-order valence-corrected chi connectivity index (χ4v) is 4.69. The summed E-state index contributed by atoms with van der Waals surface area (Å²) in [5.41, 5.74) is 0.0712. The van der Waals surface area contributed by atoms with Gasteiger partial charge in [-0.3, -0.25) is 4.79 Å². The van der Waals surface area contributed by atoms with Gasteiger partial charge in [-0.25, -0.2) is 0 Å². The molecule has 3 heterocycles. The SMILES string of the molecule is COc1ccc(-c2cc(=O)c3c(O)cc(O[C@@H]4OC[C@@H](O[C@@H]5O[C@H](CO)[C@@H](O)[C@H](O)[C@H]5O)[C@H](O)[C@H]4O)cc3o2)cc1. The molecular weight excluding hydrogens is 548 g/mol. The number of aliphatic hydroxyl groups is 6. The Morgan fingerprint density at radius 2 is 1.59 bits per heavy atom. The van der Waals surface area contributed by atoms with Gasteiger partial charge in [0.2, 0.25) is 6.29 Å². The molecule has 1 aromatic heterocycles. The minimum atomic E-state index is -1.72. The second kappa shape index (κ2) is 11.9. The van der Waals surface area contributed by atoms with E-state index in [9.17, 15) is 40.5 Å². The van der Waals surface area contributed by atoms with Crippen molar-refractivity contribution in [2.75, 3.05) is 20.3 Å². The first-order chi connectivity index (χ1) is 19.6. The number of hydrogen-bond acceptors (Lipinski definition) is 14. The van der Waals surface area contributed by atoms with E-state index < -0.39 is 73.1 Å². The zero-order valence-electron chi connectivity index (χ0n) is 21.6. The Bertz CT molecular complexity index is 1410. The summed E-state index contributed by atoms with van der Waals surface area (Å²) in [4.78, 5) is 12.7. The van der Waals surface area contributed by atoms with E-state index in [-0.39, 0.29) is 29.1 Å². The highest BCUT2D eigenvalue weighted by Crippen LogP contribution is 2.33. The van der Waals surface area contributed by atoms with Crippen LogP contribution in [0.15, 0.2) is 51.7 Å². The Labute approximate surface area is 232 Å². The molecule has 2 aliphatic heterocycles. The van der Waals surface area contributed by atoms with E-state index in [1.54, 1.807) is 24.3 Å². The summed E-state index contributed by atoms with van der Waals surface area (Å²) >= 11 is 0. The van der Waals surface area contributed by atoms with Crippen LogP contribution in [-0.2, 0) is 14.2 Å². The summed E-state index contributed by atoms with van der Waals surface area (Å²) in [5, 5.41) is 71.1. The van der Waals surface area contributed by atoms with E-state index in [4.69, 9.17) is 28.1 Å². The van der Waals surface area contributed by atoms with Crippen LogP contribution in [0, 0.1) is 0 Å². The number of hydrogen-bond donors (Lipinski definition) is 7. The van der Waals surface area contributed by atoms with E-state index in [1.807, 2.05) is 0 Å². The largest absolute Gasteiger partial charge is 0.507 e. The number of aromatic hydroxyl groups is 1. The summed E-state index contributed by atoms with van der Waals surface area (Å²) in [6.45, 7) is -1.04. The van der Waals surface area contributed by atoms with Crippen LogP contribution in [0.3, 0.4) is 0 Å². The molecule has 2 saturated heterocycles. The molecule has 222 valence electrons. The lowest BCUT2D eigenvalue weighted by molar-refractivity contribution is -0.338. The van der Waals surface area contributed by atoms with Crippen molar-refractivity contribution in [2.24, 2.45) is 0 Å². The van der Waals surface area contributed by atoms with Crippen LogP contribution in [0.2, 0.25) is 0 Å². The van der Waals surface area contributed by atoms with Gasteiger partial charge >= 0.3 is 0 Å². The molecular formula is C27H30O14. The minimum absolute atomic E-state index is 0.00649. The third-order valence-electron chi connectivity index (χ3n) is 7.00. The van der Waals surface area contributed by atoms with Gasteiger partial charge in [-0.2, -0.15) is 0 Å². The van der Waals surface area contributed by atoms with E-state index in [2.05, 4.69) is 0 Å². The van der Waals surface area contributed by atoms with Crippen molar-refractivity contribution in [3.05, 3.63) is 52.7 Å². The molecule has 0 bridgehead atoms. The molecule has 0 saturated carbocycles. The summed E-state index contributed by atoms with van der Waals surface area (Å²) in [5.74, 6) is 0.343. The van der Waals surface area contributed by atoms with Crippen LogP contribution < -0.4 is 14.9 Å². The van der Waals surface area contributed by atoms with Gasteiger partial charge < -0.3 is 63.8 Å². The van der Waals surface area contributed by atoms with Crippen molar-refractivity contribution in [2.45, 2.75) is 55.3 Å². The van der Waals surface area contributed by atoms with Gasteiger partial charge in [0.1, 0.15) is 76.7 Å². The number of benzene rings is 2. The summed E-state index contributed by atoms with van der Waals surface area (Å²) in [7, 11) is 1.52. The van der Waals surface area contributed by atoms with Crippen LogP contribution in [0.25, 0.3) is 22.3 Å². The lowest BCUT2D eigenvalue weighted by atomic mass is 9.99. The third kappa shape index (κ3) is 5.74. The summed E-state index contributed by atoms with van der Waals surface area (Å²) < 4.78 is 32.9. The topological polar surface area (TPSA) is 218 Å². The molecule has 14 heteroatoms. The lowest BCUT2D eigenvalue weighted by Crippen LogP contribution is -2.62. The number of ether oxygens (including phenoxy) is 5. The molecule has 0 spiro atoms. The van der Waals surface area contributed by atoms with Crippen molar-refractivity contribution >= 4 is 11.0 Å². The van der Waals surface area contributed by atoms with E-state index in [0.29, 0.717) is 11.3 Å². The van der Waals surface area contributed by atoms with Gasteiger partial charge in [-0.15, -0.1) is 0 Å². The normalized spacial score (nSPS) is 32.1. The molecule has 2 aromatic carbocycles. The number of aliphatic hydroxyl groups excluding tert-OH is 6. The zero-order chi connectivity index (χ0) is 29.4. The number of phenolic OH excluding ortho intramolecular Hbond substituents is 1. The standard InChI is InChI=1S/C27H30O14/c1-36-12-4-2-11(3-5-12)16-8-15(30)20-14(29)6-13(7-17(20)39-16)38-26-24(34)22(32)19(10-37-26)41-27-25(35)23(33)21(31)18(9-28)40-27/h2-8,18-19,21-29,31-35H,9-10H2,1H3/t18-,19-,21-,22+,23+,24-,25-,26+,27+/m1/s1. The molecule has 0 radical (unpaired) electrons. The molecule has 3 aromatic rings. The van der Waals surface area contributed by atoms with Crippen molar-refractivity contribution in [3.8, 4) is 28.6 Å².